The molecular formula is C6H8N3-. The third kappa shape index (κ3) is 1.38. The van der Waals surface area contributed by atoms with Gasteiger partial charge < -0.3 is 4.90 Å². The molecule has 0 N–H and O–H groups in total. The Morgan fingerprint density at radius 1 is 1.67 bits per heavy atom. The van der Waals surface area contributed by atoms with E-state index >= 15 is 0 Å². The number of aromatic nitrogens is 2. The van der Waals surface area contributed by atoms with Gasteiger partial charge >= 0.3 is 0 Å². The molecule has 1 heterocycles. The fourth-order valence-corrected chi connectivity index (χ4v) is 0.510. The minimum Gasteiger partial charge on any atom is -0.512 e. The molecule has 0 aliphatic rings. The van der Waals surface area contributed by atoms with Gasteiger partial charge in [0.15, 0.2) is 0 Å². The first-order valence-corrected chi connectivity index (χ1v) is 2.61. The van der Waals surface area contributed by atoms with Crippen LogP contribution in [0.3, 0.4) is 0 Å². The van der Waals surface area contributed by atoms with Crippen LogP contribution in [0.15, 0.2) is 18.6 Å². The first kappa shape index (κ1) is 6.01. The van der Waals surface area contributed by atoms with Crippen LogP contribution in [0.2, 0.25) is 0 Å². The van der Waals surface area contributed by atoms with Crippen molar-refractivity contribution in [2.45, 2.75) is 0 Å². The van der Waals surface area contributed by atoms with Gasteiger partial charge in [0.05, 0.1) is 0 Å². The molecule has 48 valence electrons. The van der Waals surface area contributed by atoms with Crippen LogP contribution in [-0.2, 0) is 0 Å². The molecule has 0 fully saturated rings. The first-order chi connectivity index (χ1) is 4.30. The fourth-order valence-electron chi connectivity index (χ4n) is 0.510. The summed E-state index contributed by atoms with van der Waals surface area (Å²) in [4.78, 5) is 9.38. The van der Waals surface area contributed by atoms with Gasteiger partial charge in [0.1, 0.15) is 12.1 Å². The van der Waals surface area contributed by atoms with E-state index in [4.69, 9.17) is 0 Å². The summed E-state index contributed by atoms with van der Waals surface area (Å²) in [6.45, 7) is 0. The van der Waals surface area contributed by atoms with Gasteiger partial charge in [-0.25, -0.2) is 9.97 Å². The van der Waals surface area contributed by atoms with Gasteiger partial charge in [0.25, 0.3) is 0 Å². The summed E-state index contributed by atoms with van der Waals surface area (Å²) in [6, 6.07) is 1.80. The number of rotatable bonds is 1. The molecule has 0 spiro atoms. The average molecular weight is 122 g/mol. The maximum absolute atomic E-state index is 3.93. The maximum atomic E-state index is 3.93. The Balaban J connectivity index is 2.85. The van der Waals surface area contributed by atoms with Crippen molar-refractivity contribution in [3.63, 3.8) is 0 Å². The van der Waals surface area contributed by atoms with Gasteiger partial charge in [-0.3, -0.25) is 7.05 Å². The molecule has 1 aromatic rings. The molecule has 0 radical (unpaired) electrons. The molecule has 0 amide bonds. The lowest BCUT2D eigenvalue weighted by Crippen LogP contribution is -2.06. The Morgan fingerprint density at radius 3 is 2.78 bits per heavy atom. The highest BCUT2D eigenvalue weighted by Gasteiger charge is 1.84. The van der Waals surface area contributed by atoms with Crippen molar-refractivity contribution < 1.29 is 0 Å². The standard InChI is InChI=1S/C6H8N3/c1-9(2)6-3-4-7-5-8-6/h3-5H,1H2,2H3/q-1. The van der Waals surface area contributed by atoms with Crippen LogP contribution in [0.5, 0.6) is 0 Å². The molecule has 0 atom stereocenters. The summed E-state index contributed by atoms with van der Waals surface area (Å²) in [6.07, 6.45) is 3.18. The predicted molar refractivity (Wildman–Crippen MR) is 35.8 cm³/mol. The SMILES string of the molecule is [CH2-]N(C)c1ccncn1. The van der Waals surface area contributed by atoms with Crippen molar-refractivity contribution in [2.75, 3.05) is 11.9 Å². The van der Waals surface area contributed by atoms with Crippen molar-refractivity contribution >= 4 is 5.82 Å². The highest BCUT2D eigenvalue weighted by molar-refractivity contribution is 5.34. The summed E-state index contributed by atoms with van der Waals surface area (Å²) in [7, 11) is 5.49. The van der Waals surface area contributed by atoms with Crippen molar-refractivity contribution in [1.29, 1.82) is 0 Å². The Hall–Kier alpha value is -1.12. The second-order valence-electron chi connectivity index (χ2n) is 1.77. The molecular weight excluding hydrogens is 114 g/mol. The number of hydrogen-bond acceptors (Lipinski definition) is 3. The van der Waals surface area contributed by atoms with E-state index in [1.807, 2.05) is 7.05 Å². The van der Waals surface area contributed by atoms with Gasteiger partial charge in [-0.15, -0.1) is 0 Å². The molecule has 0 unspecified atom stereocenters. The topological polar surface area (TPSA) is 29.0 Å². The van der Waals surface area contributed by atoms with E-state index in [9.17, 15) is 0 Å². The van der Waals surface area contributed by atoms with Gasteiger partial charge in [0.2, 0.25) is 0 Å². The summed E-state index contributed by atoms with van der Waals surface area (Å²) in [5.41, 5.74) is 0. The Kier molecular flexibility index (Phi) is 1.63. The molecule has 3 heteroatoms. The zero-order valence-electron chi connectivity index (χ0n) is 5.28. The van der Waals surface area contributed by atoms with E-state index < -0.39 is 0 Å². The average Bonchev–Trinajstić information content (AvgIpc) is 1.90. The number of anilines is 1. The highest BCUT2D eigenvalue weighted by atomic mass is 15.1. The zero-order valence-corrected chi connectivity index (χ0v) is 5.28. The molecule has 0 aliphatic heterocycles. The lowest BCUT2D eigenvalue weighted by atomic mass is 10.5. The smallest absolute Gasteiger partial charge is 0.117 e. The summed E-state index contributed by atoms with van der Waals surface area (Å²) in [5.74, 6) is 0.824. The van der Waals surface area contributed by atoms with Crippen molar-refractivity contribution in [3.05, 3.63) is 25.6 Å². The Bertz CT molecular complexity index is 171. The second-order valence-corrected chi connectivity index (χ2v) is 1.77. The normalized spacial score (nSPS) is 9.11. The zero-order chi connectivity index (χ0) is 6.69. The minimum absolute atomic E-state index is 0.824. The predicted octanol–water partition coefficient (Wildman–Crippen LogP) is 0.704. The van der Waals surface area contributed by atoms with Crippen LogP contribution in [0.25, 0.3) is 0 Å². The van der Waals surface area contributed by atoms with E-state index in [2.05, 4.69) is 17.0 Å². The van der Waals surface area contributed by atoms with Crippen molar-refractivity contribution in [3.8, 4) is 0 Å². The summed E-state index contributed by atoms with van der Waals surface area (Å²) < 4.78 is 0. The van der Waals surface area contributed by atoms with Crippen LogP contribution in [0.4, 0.5) is 5.82 Å². The van der Waals surface area contributed by atoms with E-state index in [0.29, 0.717) is 0 Å². The molecule has 0 saturated heterocycles. The molecule has 0 bridgehead atoms. The number of hydrogen-bond donors (Lipinski definition) is 0. The highest BCUT2D eigenvalue weighted by Crippen LogP contribution is 2.01. The van der Waals surface area contributed by atoms with Crippen LogP contribution >= 0.6 is 0 Å². The van der Waals surface area contributed by atoms with E-state index in [-0.39, 0.29) is 0 Å². The number of nitrogens with zero attached hydrogens (tertiary/aromatic N) is 3. The minimum atomic E-state index is 0.824. The van der Waals surface area contributed by atoms with Crippen LogP contribution in [0, 0.1) is 7.05 Å². The Labute approximate surface area is 54.4 Å². The Morgan fingerprint density at radius 2 is 2.44 bits per heavy atom. The van der Waals surface area contributed by atoms with E-state index in [0.717, 1.165) is 5.82 Å². The molecule has 9 heavy (non-hydrogen) atoms. The van der Waals surface area contributed by atoms with E-state index in [1.54, 1.807) is 17.2 Å². The third-order valence-corrected chi connectivity index (χ3v) is 0.957. The fraction of sp³-hybridized carbons (Fsp3) is 0.167. The molecule has 1 aromatic heterocycles. The second kappa shape index (κ2) is 2.44. The van der Waals surface area contributed by atoms with Gasteiger partial charge in [-0.1, -0.05) is 0 Å². The van der Waals surface area contributed by atoms with Crippen molar-refractivity contribution in [1.82, 2.24) is 9.97 Å². The van der Waals surface area contributed by atoms with Crippen molar-refractivity contribution in [2.24, 2.45) is 0 Å². The molecule has 0 aromatic carbocycles. The lowest BCUT2D eigenvalue weighted by molar-refractivity contribution is 1.07. The largest absolute Gasteiger partial charge is 0.512 e. The molecule has 1 rings (SSSR count). The molecule has 0 aliphatic carbocycles. The van der Waals surface area contributed by atoms with Gasteiger partial charge in [0, 0.05) is 6.20 Å². The van der Waals surface area contributed by atoms with Gasteiger partial charge in [-0.2, -0.15) is 0 Å². The molecule has 3 nitrogen and oxygen atoms in total. The molecule has 0 saturated carbocycles. The lowest BCUT2D eigenvalue weighted by Gasteiger charge is -2.18. The van der Waals surface area contributed by atoms with Gasteiger partial charge in [-0.05, 0) is 13.1 Å². The monoisotopic (exact) mass is 122 g/mol. The van der Waals surface area contributed by atoms with Crippen LogP contribution < -0.4 is 4.90 Å². The maximum Gasteiger partial charge on any atom is 0.117 e. The summed E-state index contributed by atoms with van der Waals surface area (Å²) >= 11 is 0. The van der Waals surface area contributed by atoms with Crippen LogP contribution in [-0.4, -0.2) is 17.0 Å². The summed E-state index contributed by atoms with van der Waals surface area (Å²) in [5, 5.41) is 0. The third-order valence-electron chi connectivity index (χ3n) is 0.957. The first-order valence-electron chi connectivity index (χ1n) is 2.61. The van der Waals surface area contributed by atoms with E-state index in [1.165, 1.54) is 6.33 Å². The van der Waals surface area contributed by atoms with Crippen LogP contribution in [0.1, 0.15) is 0 Å². The quantitative estimate of drug-likeness (QED) is 0.513.